The Morgan fingerprint density at radius 1 is 1.22 bits per heavy atom. The molecule has 0 saturated heterocycles. The first kappa shape index (κ1) is 17.7. The third-order valence-corrected chi connectivity index (χ3v) is 3.19. The highest BCUT2D eigenvalue weighted by Gasteiger charge is 2.27. The number of unbranched alkanes of at least 4 members (excludes halogenated alkanes) is 4. The molecule has 0 aliphatic carbocycles. The van der Waals surface area contributed by atoms with Crippen LogP contribution in [0.1, 0.15) is 52.4 Å². The molecule has 0 amide bonds. The molecular formula is C13H25ClO4. The molecule has 0 rings (SSSR count). The maximum absolute atomic E-state index is 10.8. The summed E-state index contributed by atoms with van der Waals surface area (Å²) >= 11 is 5.49. The van der Waals surface area contributed by atoms with Gasteiger partial charge in [0.2, 0.25) is 0 Å². The second-order valence-electron chi connectivity index (χ2n) is 5.03. The number of ether oxygens (including phenoxy) is 1. The summed E-state index contributed by atoms with van der Waals surface area (Å²) in [4.78, 5) is 10.8. The van der Waals surface area contributed by atoms with Gasteiger partial charge >= 0.3 is 5.97 Å². The molecule has 108 valence electrons. The molecule has 0 aliphatic heterocycles. The lowest BCUT2D eigenvalue weighted by Gasteiger charge is -2.19. The highest BCUT2D eigenvalue weighted by Crippen LogP contribution is 2.12. The normalized spacial score (nSPS) is 13.6. The second kappa shape index (κ2) is 9.59. The summed E-state index contributed by atoms with van der Waals surface area (Å²) in [6, 6.07) is 0. The lowest BCUT2D eigenvalue weighted by molar-refractivity contribution is -0.161. The summed E-state index contributed by atoms with van der Waals surface area (Å²) < 4.78 is 5.30. The zero-order valence-corrected chi connectivity index (χ0v) is 12.1. The Kier molecular flexibility index (Phi) is 9.42. The Labute approximate surface area is 114 Å². The van der Waals surface area contributed by atoms with Crippen molar-refractivity contribution < 1.29 is 19.7 Å². The third kappa shape index (κ3) is 8.72. The molecular weight excluding hydrogens is 256 g/mol. The lowest BCUT2D eigenvalue weighted by atomic mass is 10.1. The molecule has 0 aliphatic rings. The van der Waals surface area contributed by atoms with Crippen LogP contribution in [0.5, 0.6) is 0 Å². The molecule has 0 bridgehead atoms. The van der Waals surface area contributed by atoms with Crippen molar-refractivity contribution in [3.8, 4) is 0 Å². The van der Waals surface area contributed by atoms with Gasteiger partial charge in [0.1, 0.15) is 0 Å². The van der Waals surface area contributed by atoms with Gasteiger partial charge in [0.05, 0.1) is 6.10 Å². The van der Waals surface area contributed by atoms with Gasteiger partial charge < -0.3 is 14.9 Å². The minimum Gasteiger partial charge on any atom is -0.479 e. The molecule has 0 heterocycles. The summed E-state index contributed by atoms with van der Waals surface area (Å²) in [5.74, 6) is -0.629. The van der Waals surface area contributed by atoms with Crippen molar-refractivity contribution >= 4 is 17.6 Å². The van der Waals surface area contributed by atoms with Gasteiger partial charge in [-0.2, -0.15) is 0 Å². The molecule has 0 aromatic carbocycles. The van der Waals surface area contributed by atoms with Gasteiger partial charge in [-0.1, -0.05) is 25.7 Å². The van der Waals surface area contributed by atoms with Gasteiger partial charge in [-0.05, 0) is 26.7 Å². The Hall–Kier alpha value is -0.320. The zero-order valence-electron chi connectivity index (χ0n) is 11.3. The van der Waals surface area contributed by atoms with E-state index in [1.54, 1.807) is 13.8 Å². The summed E-state index contributed by atoms with van der Waals surface area (Å²) in [6.07, 6.45) is 5.39. The number of carboxylic acid groups (broad SMARTS) is 1. The van der Waals surface area contributed by atoms with Crippen molar-refractivity contribution in [2.24, 2.45) is 0 Å². The predicted octanol–water partition coefficient (Wildman–Crippen LogP) is 2.81. The lowest BCUT2D eigenvalue weighted by Crippen LogP contribution is -2.35. The second-order valence-corrected chi connectivity index (χ2v) is 5.34. The summed E-state index contributed by atoms with van der Waals surface area (Å²) in [6.45, 7) is 3.59. The Morgan fingerprint density at radius 2 is 1.78 bits per heavy atom. The van der Waals surface area contributed by atoms with Crippen LogP contribution in [-0.2, 0) is 9.53 Å². The van der Waals surface area contributed by atoms with Crippen molar-refractivity contribution in [2.75, 3.05) is 12.5 Å². The Morgan fingerprint density at radius 3 is 2.33 bits per heavy atom. The SMILES string of the molecule is CC(C)(OCCCCCCCC(O)CCl)C(=O)O. The van der Waals surface area contributed by atoms with Gasteiger partial charge in [0.15, 0.2) is 5.60 Å². The molecule has 4 nitrogen and oxygen atoms in total. The fourth-order valence-electron chi connectivity index (χ4n) is 1.48. The first-order valence-corrected chi connectivity index (χ1v) is 7.05. The van der Waals surface area contributed by atoms with E-state index in [1.807, 2.05) is 0 Å². The summed E-state index contributed by atoms with van der Waals surface area (Å²) in [5, 5.41) is 18.1. The topological polar surface area (TPSA) is 66.8 Å². The quantitative estimate of drug-likeness (QED) is 0.451. The van der Waals surface area contributed by atoms with Gasteiger partial charge in [-0.3, -0.25) is 0 Å². The van der Waals surface area contributed by atoms with Gasteiger partial charge in [-0.15, -0.1) is 11.6 Å². The molecule has 0 radical (unpaired) electrons. The van der Waals surface area contributed by atoms with E-state index in [4.69, 9.17) is 21.4 Å². The molecule has 1 atom stereocenters. The monoisotopic (exact) mass is 280 g/mol. The first-order valence-electron chi connectivity index (χ1n) is 6.51. The van der Waals surface area contributed by atoms with Crippen molar-refractivity contribution in [3.63, 3.8) is 0 Å². The molecule has 0 fully saturated rings. The van der Waals surface area contributed by atoms with Crippen LogP contribution in [-0.4, -0.2) is 40.4 Å². The van der Waals surface area contributed by atoms with Crippen LogP contribution in [0.2, 0.25) is 0 Å². The number of hydrogen-bond acceptors (Lipinski definition) is 3. The minimum atomic E-state index is -1.09. The Bertz CT molecular complexity index is 231. The number of aliphatic hydroxyl groups excluding tert-OH is 1. The zero-order chi connectivity index (χ0) is 14.0. The van der Waals surface area contributed by atoms with Crippen LogP contribution in [0, 0.1) is 0 Å². The van der Waals surface area contributed by atoms with E-state index >= 15 is 0 Å². The van der Waals surface area contributed by atoms with Gasteiger partial charge in [0.25, 0.3) is 0 Å². The smallest absolute Gasteiger partial charge is 0.335 e. The van der Waals surface area contributed by atoms with Crippen molar-refractivity contribution in [2.45, 2.75) is 64.1 Å². The maximum atomic E-state index is 10.8. The van der Waals surface area contributed by atoms with Crippen LogP contribution in [0.25, 0.3) is 0 Å². The average Bonchev–Trinajstić information content (AvgIpc) is 2.31. The molecule has 0 aromatic rings. The average molecular weight is 281 g/mol. The molecule has 0 saturated carbocycles. The first-order chi connectivity index (χ1) is 8.40. The summed E-state index contributed by atoms with van der Waals surface area (Å²) in [7, 11) is 0. The van der Waals surface area contributed by atoms with Crippen LogP contribution >= 0.6 is 11.6 Å². The van der Waals surface area contributed by atoms with Crippen LogP contribution < -0.4 is 0 Å². The minimum absolute atomic E-state index is 0.304. The maximum Gasteiger partial charge on any atom is 0.335 e. The molecule has 2 N–H and O–H groups in total. The number of hydrogen-bond donors (Lipinski definition) is 2. The van der Waals surface area contributed by atoms with Crippen LogP contribution in [0.4, 0.5) is 0 Å². The molecule has 18 heavy (non-hydrogen) atoms. The van der Waals surface area contributed by atoms with Gasteiger partial charge in [0, 0.05) is 12.5 Å². The molecule has 0 spiro atoms. The molecule has 0 aromatic heterocycles. The van der Waals surface area contributed by atoms with E-state index in [0.717, 1.165) is 38.5 Å². The highest BCUT2D eigenvalue weighted by molar-refractivity contribution is 6.18. The fourth-order valence-corrected chi connectivity index (χ4v) is 1.63. The van der Waals surface area contributed by atoms with Gasteiger partial charge in [-0.25, -0.2) is 4.79 Å². The fraction of sp³-hybridized carbons (Fsp3) is 0.923. The highest BCUT2D eigenvalue weighted by atomic mass is 35.5. The van der Waals surface area contributed by atoms with Crippen molar-refractivity contribution in [1.29, 1.82) is 0 Å². The number of alkyl halides is 1. The summed E-state index contributed by atoms with van der Waals surface area (Å²) in [5.41, 5.74) is -1.09. The van der Waals surface area contributed by atoms with E-state index in [1.165, 1.54) is 0 Å². The van der Waals surface area contributed by atoms with Crippen LogP contribution in [0.15, 0.2) is 0 Å². The van der Waals surface area contributed by atoms with Crippen molar-refractivity contribution in [1.82, 2.24) is 0 Å². The number of aliphatic hydroxyl groups is 1. The van der Waals surface area contributed by atoms with Crippen molar-refractivity contribution in [3.05, 3.63) is 0 Å². The van der Waals surface area contributed by atoms with E-state index in [-0.39, 0.29) is 6.10 Å². The standard InChI is InChI=1S/C13H25ClO4/c1-13(2,12(16)17)18-9-7-5-3-4-6-8-11(15)10-14/h11,15H,3-10H2,1-2H3,(H,16,17). The number of rotatable bonds is 11. The van der Waals surface area contributed by atoms with E-state index in [0.29, 0.717) is 12.5 Å². The molecule has 1 unspecified atom stereocenters. The number of aliphatic carboxylic acids is 1. The largest absolute Gasteiger partial charge is 0.479 e. The van der Waals surface area contributed by atoms with E-state index < -0.39 is 11.6 Å². The van der Waals surface area contributed by atoms with E-state index in [9.17, 15) is 9.90 Å². The number of halogens is 1. The Balaban J connectivity index is 3.34. The third-order valence-electron chi connectivity index (χ3n) is 2.84. The number of carboxylic acids is 1. The van der Waals surface area contributed by atoms with Crippen LogP contribution in [0.3, 0.4) is 0 Å². The van der Waals surface area contributed by atoms with E-state index in [2.05, 4.69) is 0 Å². The predicted molar refractivity (Wildman–Crippen MR) is 72.1 cm³/mol. The molecule has 5 heteroatoms. The number of carbonyl (C=O) groups is 1.